The topological polar surface area (TPSA) is 125 Å². The van der Waals surface area contributed by atoms with E-state index in [9.17, 15) is 13.2 Å². The van der Waals surface area contributed by atoms with E-state index in [1.807, 2.05) is 0 Å². The van der Waals surface area contributed by atoms with Gasteiger partial charge in [0, 0.05) is 12.3 Å². The van der Waals surface area contributed by atoms with Crippen molar-refractivity contribution in [2.45, 2.75) is 11.8 Å². The molecule has 0 aromatic carbocycles. The van der Waals surface area contributed by atoms with E-state index in [-0.39, 0.29) is 16.5 Å². The molecule has 0 radical (unpaired) electrons. The number of carboxylic acids is 1. The molecule has 18 heavy (non-hydrogen) atoms. The van der Waals surface area contributed by atoms with Gasteiger partial charge in [-0.2, -0.15) is 0 Å². The van der Waals surface area contributed by atoms with Crippen molar-refractivity contribution in [1.82, 2.24) is 10.1 Å². The number of sulfonamides is 1. The van der Waals surface area contributed by atoms with Gasteiger partial charge in [0.1, 0.15) is 10.6 Å². The molecule has 0 bridgehead atoms. The maximum Gasteiger partial charge on any atom is 0.352 e. The van der Waals surface area contributed by atoms with Crippen LogP contribution in [0.4, 0.5) is 5.88 Å². The first-order valence-electron chi connectivity index (χ1n) is 4.76. The van der Waals surface area contributed by atoms with Crippen LogP contribution in [-0.2, 0) is 10.0 Å². The monoisotopic (exact) mass is 271 g/mol. The fourth-order valence-corrected chi connectivity index (χ4v) is 2.22. The lowest BCUT2D eigenvalue weighted by Crippen LogP contribution is -2.11. The Bertz CT molecular complexity index is 685. The highest BCUT2D eigenvalue weighted by atomic mass is 32.2. The van der Waals surface area contributed by atoms with Gasteiger partial charge in [-0.15, -0.1) is 0 Å². The van der Waals surface area contributed by atoms with Crippen molar-refractivity contribution in [3.63, 3.8) is 0 Å². The van der Waals surface area contributed by atoms with Gasteiger partial charge in [-0.3, -0.25) is 0 Å². The molecule has 0 aliphatic heterocycles. The van der Waals surface area contributed by atoms with E-state index >= 15 is 0 Å². The molecule has 0 amide bonds. The van der Waals surface area contributed by atoms with Crippen molar-refractivity contribution in [1.29, 1.82) is 0 Å². The van der Waals surface area contributed by atoms with Crippen LogP contribution in [-0.4, -0.2) is 29.6 Å². The number of hydrogen-bond acceptors (Lipinski definition) is 5. The Morgan fingerprint density at radius 3 is 2.72 bits per heavy atom. The summed E-state index contributed by atoms with van der Waals surface area (Å²) in [4.78, 5) is 12.8. The summed E-state index contributed by atoms with van der Waals surface area (Å²) in [7, 11) is -3.89. The van der Waals surface area contributed by atoms with Gasteiger partial charge in [0.2, 0.25) is 5.88 Å². The number of carbonyl (C=O) groups is 1. The number of anilines is 1. The second-order valence-corrected chi connectivity index (χ2v) is 5.17. The largest absolute Gasteiger partial charge is 0.477 e. The summed E-state index contributed by atoms with van der Waals surface area (Å²) in [5, 5.41) is 12.2. The molecule has 3 N–H and O–H groups in total. The highest BCUT2D eigenvalue weighted by Crippen LogP contribution is 2.17. The van der Waals surface area contributed by atoms with Crippen molar-refractivity contribution >= 4 is 21.9 Å². The maximum absolute atomic E-state index is 11.8. The van der Waals surface area contributed by atoms with Gasteiger partial charge in [-0.1, -0.05) is 5.16 Å². The molecule has 2 heterocycles. The molecule has 0 saturated carbocycles. The van der Waals surface area contributed by atoms with Crippen molar-refractivity contribution in [3.05, 3.63) is 29.7 Å². The van der Waals surface area contributed by atoms with Gasteiger partial charge >= 0.3 is 5.97 Å². The van der Waals surface area contributed by atoms with E-state index in [0.29, 0.717) is 5.69 Å². The fraction of sp³-hybridized carbons (Fsp3) is 0.111. The Hall–Kier alpha value is -2.29. The molecule has 2 aromatic heterocycles. The molecule has 0 saturated heterocycles. The molecule has 8 nitrogen and oxygen atoms in total. The second kappa shape index (κ2) is 4.18. The van der Waals surface area contributed by atoms with Gasteiger partial charge < -0.3 is 14.6 Å². The predicted octanol–water partition coefficient (Wildman–Crippen LogP) is 0.810. The molecular formula is C9H9N3O5S. The van der Waals surface area contributed by atoms with Crippen LogP contribution in [0.2, 0.25) is 0 Å². The Labute approximate surface area is 102 Å². The van der Waals surface area contributed by atoms with Gasteiger partial charge in [0.15, 0.2) is 0 Å². The third kappa shape index (κ3) is 2.35. The molecule has 0 spiro atoms. The molecule has 0 aliphatic carbocycles. The first-order chi connectivity index (χ1) is 8.38. The number of nitrogens with zero attached hydrogens (tertiary/aromatic N) is 1. The van der Waals surface area contributed by atoms with E-state index in [4.69, 9.17) is 9.63 Å². The number of aromatic nitrogens is 2. The number of nitrogens with one attached hydrogen (secondary N) is 2. The quantitative estimate of drug-likeness (QED) is 0.755. The van der Waals surface area contributed by atoms with E-state index in [1.54, 1.807) is 6.92 Å². The number of aryl methyl sites for hydroxylation is 1. The minimum atomic E-state index is -3.89. The predicted molar refractivity (Wildman–Crippen MR) is 59.8 cm³/mol. The molecular weight excluding hydrogens is 262 g/mol. The SMILES string of the molecule is Cc1cc(NS(=O)(=O)c2c[nH]c(C(=O)O)c2)on1. The van der Waals surface area contributed by atoms with Crippen LogP contribution >= 0.6 is 0 Å². The average Bonchev–Trinajstić information content (AvgIpc) is 2.86. The number of H-pyrrole nitrogens is 1. The first-order valence-corrected chi connectivity index (χ1v) is 6.24. The van der Waals surface area contributed by atoms with Gasteiger partial charge in [-0.25, -0.2) is 17.9 Å². The lowest BCUT2D eigenvalue weighted by molar-refractivity contribution is 0.0691. The molecule has 96 valence electrons. The highest BCUT2D eigenvalue weighted by Gasteiger charge is 2.19. The number of hydrogen-bond donors (Lipinski definition) is 3. The van der Waals surface area contributed by atoms with Gasteiger partial charge in [-0.05, 0) is 13.0 Å². The Balaban J connectivity index is 2.27. The van der Waals surface area contributed by atoms with Gasteiger partial charge in [0.05, 0.1) is 5.69 Å². The highest BCUT2D eigenvalue weighted by molar-refractivity contribution is 7.92. The van der Waals surface area contributed by atoms with Crippen LogP contribution in [0.15, 0.2) is 27.7 Å². The van der Waals surface area contributed by atoms with Crippen molar-refractivity contribution in [2.75, 3.05) is 4.72 Å². The Morgan fingerprint density at radius 1 is 1.50 bits per heavy atom. The summed E-state index contributed by atoms with van der Waals surface area (Å²) >= 11 is 0. The average molecular weight is 271 g/mol. The van der Waals surface area contributed by atoms with Crippen LogP contribution in [0.3, 0.4) is 0 Å². The Morgan fingerprint density at radius 2 is 2.22 bits per heavy atom. The smallest absolute Gasteiger partial charge is 0.352 e. The zero-order valence-electron chi connectivity index (χ0n) is 9.17. The molecule has 9 heteroatoms. The standard InChI is InChI=1S/C9H9N3O5S/c1-5-2-8(17-11-5)12-18(15,16)6-3-7(9(13)14)10-4-6/h2-4,10,12H,1H3,(H,13,14). The summed E-state index contributed by atoms with van der Waals surface area (Å²) in [6.07, 6.45) is 1.08. The zero-order valence-corrected chi connectivity index (χ0v) is 9.98. The van der Waals surface area contributed by atoms with E-state index in [1.165, 1.54) is 6.07 Å². The molecule has 2 rings (SSSR count). The van der Waals surface area contributed by atoms with Gasteiger partial charge in [0.25, 0.3) is 10.0 Å². The summed E-state index contributed by atoms with van der Waals surface area (Å²) < 4.78 is 30.5. The molecule has 0 unspecified atom stereocenters. The minimum absolute atomic E-state index is 0.0365. The fourth-order valence-electron chi connectivity index (χ4n) is 1.26. The van der Waals surface area contributed by atoms with E-state index in [2.05, 4.69) is 14.9 Å². The number of aromatic amines is 1. The van der Waals surface area contributed by atoms with Crippen molar-refractivity contribution < 1.29 is 22.8 Å². The second-order valence-electron chi connectivity index (χ2n) is 3.49. The van der Waals surface area contributed by atoms with E-state index < -0.39 is 16.0 Å². The maximum atomic E-state index is 11.8. The van der Waals surface area contributed by atoms with Crippen molar-refractivity contribution in [2.24, 2.45) is 0 Å². The zero-order chi connectivity index (χ0) is 13.3. The summed E-state index contributed by atoms with van der Waals surface area (Å²) in [6.45, 7) is 1.64. The molecule has 0 fully saturated rings. The van der Waals surface area contributed by atoms with Crippen LogP contribution in [0.25, 0.3) is 0 Å². The van der Waals surface area contributed by atoms with Crippen LogP contribution in [0.1, 0.15) is 16.2 Å². The van der Waals surface area contributed by atoms with E-state index in [0.717, 1.165) is 12.3 Å². The molecule has 2 aromatic rings. The number of aromatic carboxylic acids is 1. The van der Waals surface area contributed by atoms with Crippen LogP contribution < -0.4 is 4.72 Å². The normalized spacial score (nSPS) is 11.4. The van der Waals surface area contributed by atoms with Crippen molar-refractivity contribution in [3.8, 4) is 0 Å². The van der Waals surface area contributed by atoms with Crippen LogP contribution in [0.5, 0.6) is 0 Å². The number of rotatable bonds is 4. The summed E-state index contributed by atoms with van der Waals surface area (Å²) in [5.74, 6) is -1.28. The van der Waals surface area contributed by atoms with Crippen LogP contribution in [0, 0.1) is 6.92 Å². The third-order valence-electron chi connectivity index (χ3n) is 2.06. The Kier molecular flexibility index (Phi) is 2.83. The lowest BCUT2D eigenvalue weighted by Gasteiger charge is -2.00. The number of carboxylic acid groups (broad SMARTS) is 1. The summed E-state index contributed by atoms with van der Waals surface area (Å²) in [6, 6.07) is 2.41. The third-order valence-corrected chi connectivity index (χ3v) is 3.39. The first kappa shape index (κ1) is 12.2. The molecule has 0 aliphatic rings. The minimum Gasteiger partial charge on any atom is -0.477 e. The molecule has 0 atom stereocenters. The summed E-state index contributed by atoms with van der Waals surface area (Å²) in [5.41, 5.74) is 0.303. The lowest BCUT2D eigenvalue weighted by atomic mass is 10.4.